The van der Waals surface area contributed by atoms with Gasteiger partial charge in [-0.2, -0.15) is 0 Å². The van der Waals surface area contributed by atoms with Gasteiger partial charge >= 0.3 is 6.03 Å². The summed E-state index contributed by atoms with van der Waals surface area (Å²) in [5.41, 5.74) is 1.30. The predicted octanol–water partition coefficient (Wildman–Crippen LogP) is 3.54. The number of carbonyl (C=O) groups excluding carboxylic acids is 2. The third-order valence-corrected chi connectivity index (χ3v) is 3.20. The summed E-state index contributed by atoms with van der Waals surface area (Å²) < 4.78 is 0. The molecule has 3 amide bonds. The van der Waals surface area contributed by atoms with Crippen molar-refractivity contribution in [3.05, 3.63) is 70.7 Å². The molecule has 0 radical (unpaired) electrons. The fourth-order valence-corrected chi connectivity index (χ4v) is 2.05. The highest BCUT2D eigenvalue weighted by Gasteiger charge is 2.13. The SMILES string of the molecule is C[C@H](NC(=O)NC(=O)c1cccc(Cl)c1)c1ccccc1. The average molecular weight is 303 g/mol. The molecule has 0 heterocycles. The highest BCUT2D eigenvalue weighted by atomic mass is 35.5. The third-order valence-electron chi connectivity index (χ3n) is 2.96. The van der Waals surface area contributed by atoms with Crippen LogP contribution in [0.2, 0.25) is 5.02 Å². The van der Waals surface area contributed by atoms with Gasteiger partial charge in [-0.05, 0) is 30.7 Å². The van der Waals surface area contributed by atoms with Gasteiger partial charge in [0.1, 0.15) is 0 Å². The second kappa shape index (κ2) is 6.90. The molecule has 0 aliphatic carbocycles. The largest absolute Gasteiger partial charge is 0.331 e. The van der Waals surface area contributed by atoms with Crippen LogP contribution in [-0.4, -0.2) is 11.9 Å². The predicted molar refractivity (Wildman–Crippen MR) is 82.3 cm³/mol. The molecule has 108 valence electrons. The molecule has 0 fully saturated rings. The molecule has 0 unspecified atom stereocenters. The van der Waals surface area contributed by atoms with Crippen LogP contribution in [0.3, 0.4) is 0 Å². The zero-order valence-corrected chi connectivity index (χ0v) is 12.2. The van der Waals surface area contributed by atoms with Gasteiger partial charge in [0.05, 0.1) is 6.04 Å². The van der Waals surface area contributed by atoms with Crippen molar-refractivity contribution in [1.82, 2.24) is 10.6 Å². The Bertz CT molecular complexity index is 644. The highest BCUT2D eigenvalue weighted by molar-refractivity contribution is 6.31. The monoisotopic (exact) mass is 302 g/mol. The minimum absolute atomic E-state index is 0.196. The molecule has 2 aromatic rings. The second-order valence-electron chi connectivity index (χ2n) is 4.57. The zero-order valence-electron chi connectivity index (χ0n) is 11.5. The number of imide groups is 1. The normalized spacial score (nSPS) is 11.5. The molecule has 0 aromatic heterocycles. The van der Waals surface area contributed by atoms with Crippen molar-refractivity contribution < 1.29 is 9.59 Å². The fourth-order valence-electron chi connectivity index (χ4n) is 1.86. The number of rotatable bonds is 3. The van der Waals surface area contributed by atoms with Gasteiger partial charge in [0.2, 0.25) is 0 Å². The van der Waals surface area contributed by atoms with E-state index < -0.39 is 11.9 Å². The van der Waals surface area contributed by atoms with Crippen molar-refractivity contribution in [2.24, 2.45) is 0 Å². The maximum Gasteiger partial charge on any atom is 0.322 e. The molecule has 0 bridgehead atoms. The molecule has 1 atom stereocenters. The molecule has 4 nitrogen and oxygen atoms in total. The molecule has 0 spiro atoms. The van der Waals surface area contributed by atoms with Gasteiger partial charge in [-0.15, -0.1) is 0 Å². The number of carbonyl (C=O) groups is 2. The van der Waals surface area contributed by atoms with Gasteiger partial charge in [-0.1, -0.05) is 48.0 Å². The molecule has 2 rings (SSSR count). The molecule has 0 saturated carbocycles. The first-order chi connectivity index (χ1) is 10.1. The Hall–Kier alpha value is -2.33. The van der Waals surface area contributed by atoms with Crippen molar-refractivity contribution in [2.75, 3.05) is 0 Å². The van der Waals surface area contributed by atoms with Crippen molar-refractivity contribution in [3.8, 4) is 0 Å². The molecule has 2 N–H and O–H groups in total. The summed E-state index contributed by atoms with van der Waals surface area (Å²) in [6.07, 6.45) is 0. The molecule has 21 heavy (non-hydrogen) atoms. The Morgan fingerprint density at radius 1 is 1.05 bits per heavy atom. The van der Waals surface area contributed by atoms with E-state index in [0.29, 0.717) is 10.6 Å². The zero-order chi connectivity index (χ0) is 15.2. The lowest BCUT2D eigenvalue weighted by Crippen LogP contribution is -2.40. The Labute approximate surface area is 128 Å². The number of hydrogen-bond donors (Lipinski definition) is 2. The average Bonchev–Trinajstić information content (AvgIpc) is 2.48. The van der Waals surface area contributed by atoms with Crippen LogP contribution in [0.4, 0.5) is 4.79 Å². The highest BCUT2D eigenvalue weighted by Crippen LogP contribution is 2.12. The van der Waals surface area contributed by atoms with Crippen LogP contribution < -0.4 is 10.6 Å². The third kappa shape index (κ3) is 4.33. The summed E-state index contributed by atoms with van der Waals surface area (Å²) in [6.45, 7) is 1.85. The molecular formula is C16H15ClN2O2. The van der Waals surface area contributed by atoms with Gasteiger partial charge in [-0.3, -0.25) is 10.1 Å². The van der Waals surface area contributed by atoms with Crippen molar-refractivity contribution in [1.29, 1.82) is 0 Å². The van der Waals surface area contributed by atoms with Crippen LogP contribution in [0.1, 0.15) is 28.9 Å². The Morgan fingerprint density at radius 2 is 1.76 bits per heavy atom. The maximum absolute atomic E-state index is 11.9. The van der Waals surface area contributed by atoms with E-state index in [2.05, 4.69) is 10.6 Å². The number of nitrogens with one attached hydrogen (secondary N) is 2. The smallest absolute Gasteiger partial charge is 0.322 e. The summed E-state index contributed by atoms with van der Waals surface area (Å²) in [5.74, 6) is -0.490. The van der Waals surface area contributed by atoms with Gasteiger partial charge in [0.25, 0.3) is 5.91 Å². The van der Waals surface area contributed by atoms with Gasteiger partial charge in [-0.25, -0.2) is 4.79 Å². The Morgan fingerprint density at radius 3 is 2.43 bits per heavy atom. The molecule has 5 heteroatoms. The summed E-state index contributed by atoms with van der Waals surface area (Å²) in [5, 5.41) is 5.43. The van der Waals surface area contributed by atoms with E-state index in [9.17, 15) is 9.59 Å². The van der Waals surface area contributed by atoms with Crippen LogP contribution in [0, 0.1) is 0 Å². The number of halogens is 1. The summed E-state index contributed by atoms with van der Waals surface area (Å²) in [7, 11) is 0. The van der Waals surface area contributed by atoms with E-state index in [0.717, 1.165) is 5.56 Å². The standard InChI is InChI=1S/C16H15ClN2O2/c1-11(12-6-3-2-4-7-12)18-16(21)19-15(20)13-8-5-9-14(17)10-13/h2-11H,1H3,(H2,18,19,20,21)/t11-/m0/s1. The second-order valence-corrected chi connectivity index (χ2v) is 5.01. The minimum atomic E-state index is -0.545. The number of benzene rings is 2. The number of amides is 3. The summed E-state index contributed by atoms with van der Waals surface area (Å²) in [4.78, 5) is 23.7. The first-order valence-electron chi connectivity index (χ1n) is 6.48. The van der Waals surface area contributed by atoms with Crippen LogP contribution in [0.5, 0.6) is 0 Å². The Balaban J connectivity index is 1.94. The molecular weight excluding hydrogens is 288 g/mol. The van der Waals surface area contributed by atoms with E-state index in [4.69, 9.17) is 11.6 Å². The van der Waals surface area contributed by atoms with E-state index in [1.54, 1.807) is 18.2 Å². The van der Waals surface area contributed by atoms with Gasteiger partial charge in [0, 0.05) is 10.6 Å². The number of hydrogen-bond acceptors (Lipinski definition) is 2. The minimum Gasteiger partial charge on any atom is -0.331 e. The van der Waals surface area contributed by atoms with E-state index in [-0.39, 0.29) is 6.04 Å². The van der Waals surface area contributed by atoms with Crippen LogP contribution in [0.25, 0.3) is 0 Å². The lowest BCUT2D eigenvalue weighted by atomic mass is 10.1. The lowest BCUT2D eigenvalue weighted by Gasteiger charge is -2.14. The molecule has 0 aliphatic rings. The Kier molecular flexibility index (Phi) is 4.95. The van der Waals surface area contributed by atoms with Crippen LogP contribution in [-0.2, 0) is 0 Å². The van der Waals surface area contributed by atoms with E-state index >= 15 is 0 Å². The molecule has 0 aliphatic heterocycles. The quantitative estimate of drug-likeness (QED) is 0.911. The van der Waals surface area contributed by atoms with Crippen LogP contribution >= 0.6 is 11.6 Å². The summed E-state index contributed by atoms with van der Waals surface area (Å²) >= 11 is 5.81. The topological polar surface area (TPSA) is 58.2 Å². The molecule has 0 saturated heterocycles. The summed E-state index contributed by atoms with van der Waals surface area (Å²) in [6, 6.07) is 15.2. The maximum atomic E-state index is 11.9. The van der Waals surface area contributed by atoms with Crippen molar-refractivity contribution >= 4 is 23.5 Å². The molecule has 2 aromatic carbocycles. The first-order valence-corrected chi connectivity index (χ1v) is 6.86. The van der Waals surface area contributed by atoms with Gasteiger partial charge < -0.3 is 5.32 Å². The van der Waals surface area contributed by atoms with Gasteiger partial charge in [0.15, 0.2) is 0 Å². The first kappa shape index (κ1) is 15.1. The lowest BCUT2D eigenvalue weighted by molar-refractivity contribution is 0.0963. The fraction of sp³-hybridized carbons (Fsp3) is 0.125. The van der Waals surface area contributed by atoms with E-state index in [1.807, 2.05) is 37.3 Å². The van der Waals surface area contributed by atoms with Crippen molar-refractivity contribution in [2.45, 2.75) is 13.0 Å². The van der Waals surface area contributed by atoms with Crippen molar-refractivity contribution in [3.63, 3.8) is 0 Å². The van der Waals surface area contributed by atoms with E-state index in [1.165, 1.54) is 6.07 Å². The van der Waals surface area contributed by atoms with Crippen LogP contribution in [0.15, 0.2) is 54.6 Å². The number of urea groups is 1.